The van der Waals surface area contributed by atoms with Crippen molar-refractivity contribution in [3.63, 3.8) is 0 Å². The number of carbonyl (C=O) groups is 1. The van der Waals surface area contributed by atoms with Gasteiger partial charge in [0.1, 0.15) is 0 Å². The second-order valence-corrected chi connectivity index (χ2v) is 7.08. The van der Waals surface area contributed by atoms with Gasteiger partial charge < -0.3 is 0 Å². The predicted molar refractivity (Wildman–Crippen MR) is 69.2 cm³/mol. The van der Waals surface area contributed by atoms with Gasteiger partial charge in [-0.2, -0.15) is 0 Å². The van der Waals surface area contributed by atoms with E-state index in [-0.39, 0.29) is 17.6 Å². The molecule has 0 bridgehead atoms. The number of rotatable bonds is 1. The van der Waals surface area contributed by atoms with Crippen molar-refractivity contribution in [3.8, 4) is 6.07 Å². The normalized spacial score (nSPS) is 23.4. The number of piperidine rings is 1. The molecule has 5 heteroatoms. The molecule has 3 rings (SSSR count). The number of nitrogens with zero attached hydrogens (tertiary/aromatic N) is 2. The Morgan fingerprint density at radius 3 is 2.75 bits per heavy atom. The molecule has 1 aromatic carbocycles. The summed E-state index contributed by atoms with van der Waals surface area (Å²) in [5.41, 5.74) is 1.79. The van der Waals surface area contributed by atoms with Gasteiger partial charge in [-0.25, -0.2) is 0 Å². The van der Waals surface area contributed by atoms with Crippen LogP contribution >= 0.6 is 0 Å². The first-order valence-corrected chi connectivity index (χ1v) is 8.20. The van der Waals surface area contributed by atoms with Crippen LogP contribution in [0, 0.1) is 18.3 Å². The summed E-state index contributed by atoms with van der Waals surface area (Å²) in [5, 5.41) is 8.88. The van der Waals surface area contributed by atoms with Gasteiger partial charge >= 0.3 is 139 Å². The Kier molecular flexibility index (Phi) is 3.70. The summed E-state index contributed by atoms with van der Waals surface area (Å²) in [6.07, 6.45) is 1.29. The van der Waals surface area contributed by atoms with E-state index in [0.717, 1.165) is 49.4 Å². The van der Waals surface area contributed by atoms with E-state index < -0.39 is 0 Å². The van der Waals surface area contributed by atoms with Gasteiger partial charge in [0.25, 0.3) is 0 Å². The van der Waals surface area contributed by atoms with Gasteiger partial charge in [0, 0.05) is 0 Å². The Hall–Kier alpha value is -0.756. The van der Waals surface area contributed by atoms with Crippen molar-refractivity contribution in [3.05, 3.63) is 29.3 Å². The van der Waals surface area contributed by atoms with Crippen molar-refractivity contribution in [1.29, 1.82) is 5.26 Å². The molecule has 1 unspecified atom stereocenters. The molecule has 0 aliphatic carbocycles. The first kappa shape index (κ1) is 14.2. The Balaban J connectivity index is 1.68. The second kappa shape index (κ2) is 5.22. The van der Waals surface area contributed by atoms with Crippen LogP contribution in [0.15, 0.2) is 18.2 Å². The molecule has 2 aliphatic heterocycles. The van der Waals surface area contributed by atoms with Crippen LogP contribution in [0.3, 0.4) is 0 Å². The molecule has 1 atom stereocenters. The van der Waals surface area contributed by atoms with E-state index in [1.54, 1.807) is 0 Å². The molecule has 20 heavy (non-hydrogen) atoms. The van der Waals surface area contributed by atoms with Gasteiger partial charge in [0.15, 0.2) is 0 Å². The number of hydrogen-bond donors (Lipinski definition) is 0. The number of epoxide rings is 1. The molecule has 4 nitrogen and oxygen atoms in total. The van der Waals surface area contributed by atoms with E-state index in [1.807, 2.05) is 23.1 Å². The van der Waals surface area contributed by atoms with E-state index in [9.17, 15) is 4.79 Å². The Morgan fingerprint density at radius 1 is 1.50 bits per heavy atom. The maximum absolute atomic E-state index is 12.5. The number of aryl methyl sites for hydroxylation is 1. The molecule has 2 saturated heterocycles. The van der Waals surface area contributed by atoms with E-state index >= 15 is 0 Å². The number of carbonyl (C=O) groups excluding carboxylic acids is 1. The van der Waals surface area contributed by atoms with Crippen LogP contribution in [0.1, 0.15) is 28.8 Å². The molecule has 0 N–H and O–H groups in total. The van der Waals surface area contributed by atoms with Crippen LogP contribution in [-0.4, -0.2) is 35.6 Å². The van der Waals surface area contributed by atoms with Crippen molar-refractivity contribution < 1.29 is 40.5 Å². The Bertz CT molecular complexity index is 600. The molecule has 2 heterocycles. The molecule has 2 fully saturated rings. The first-order chi connectivity index (χ1) is 9.55. The standard InChI is InChI=1S/C15H15N2O2.Y/c1-11-2-4-12(5-3-11)14(18)17-8-6-15(7-9-17)13(10-16)19-15;/h2,4-5,13H,6-9H2,1H3;. The van der Waals surface area contributed by atoms with Crippen LogP contribution in [0.2, 0.25) is 0 Å². The molecule has 0 radical (unpaired) electrons. The SMILES string of the molecule is Cc1ccc(C(=O)N2CCC3(CC2)OC3C#N)c[c]1[Y]. The first-order valence-electron chi connectivity index (χ1n) is 6.78. The number of ether oxygens (including phenoxy) is 1. The quantitative estimate of drug-likeness (QED) is 0.716. The number of amides is 1. The summed E-state index contributed by atoms with van der Waals surface area (Å²) in [7, 11) is 0. The fraction of sp³-hybridized carbons (Fsp3) is 0.467. The summed E-state index contributed by atoms with van der Waals surface area (Å²) in [6, 6.07) is 8.11. The monoisotopic (exact) mass is 344 g/mol. The van der Waals surface area contributed by atoms with Gasteiger partial charge in [-0.1, -0.05) is 0 Å². The van der Waals surface area contributed by atoms with Crippen LogP contribution in [0.5, 0.6) is 0 Å². The Morgan fingerprint density at radius 2 is 2.20 bits per heavy atom. The zero-order chi connectivity index (χ0) is 14.3. The third-order valence-electron chi connectivity index (χ3n) is 4.31. The average molecular weight is 344 g/mol. The van der Waals surface area contributed by atoms with Gasteiger partial charge in [0.2, 0.25) is 0 Å². The summed E-state index contributed by atoms with van der Waals surface area (Å²) in [6.45, 7) is 3.44. The number of hydrogen-bond acceptors (Lipinski definition) is 3. The summed E-state index contributed by atoms with van der Waals surface area (Å²) < 4.78 is 6.74. The van der Waals surface area contributed by atoms with E-state index in [4.69, 9.17) is 10.00 Å². The van der Waals surface area contributed by atoms with E-state index in [2.05, 4.69) is 13.0 Å². The summed E-state index contributed by atoms with van der Waals surface area (Å²) in [4.78, 5) is 14.4. The third kappa shape index (κ3) is 2.43. The number of likely N-dealkylation sites (tertiary alicyclic amines) is 1. The maximum atomic E-state index is 12.5. The van der Waals surface area contributed by atoms with Crippen molar-refractivity contribution in [2.75, 3.05) is 13.1 Å². The summed E-state index contributed by atoms with van der Waals surface area (Å²) >= 11 is 1.02. The summed E-state index contributed by atoms with van der Waals surface area (Å²) in [5.74, 6) is 0.101. The van der Waals surface area contributed by atoms with Crippen LogP contribution < -0.4 is 2.37 Å². The minimum atomic E-state index is -0.257. The molecule has 1 aromatic rings. The molecule has 1 amide bonds. The van der Waals surface area contributed by atoms with Gasteiger partial charge in [-0.15, -0.1) is 0 Å². The topological polar surface area (TPSA) is 56.6 Å². The number of nitriles is 1. The van der Waals surface area contributed by atoms with Crippen molar-refractivity contribution >= 4 is 8.28 Å². The van der Waals surface area contributed by atoms with Crippen LogP contribution in [0.25, 0.3) is 0 Å². The third-order valence-corrected chi connectivity index (χ3v) is 5.84. The minimum absolute atomic E-state index is 0.101. The molecule has 0 aromatic heterocycles. The zero-order valence-electron chi connectivity index (χ0n) is 11.4. The van der Waals surface area contributed by atoms with Crippen LogP contribution in [0.4, 0.5) is 0 Å². The van der Waals surface area contributed by atoms with Crippen molar-refractivity contribution in [2.45, 2.75) is 31.5 Å². The van der Waals surface area contributed by atoms with Gasteiger partial charge in [-0.05, 0) is 0 Å². The van der Waals surface area contributed by atoms with E-state index in [0.29, 0.717) is 13.1 Å². The number of benzene rings is 1. The van der Waals surface area contributed by atoms with Gasteiger partial charge in [0.05, 0.1) is 0 Å². The Labute approximate surface area is 138 Å². The molecule has 100 valence electrons. The molecule has 0 saturated carbocycles. The van der Waals surface area contributed by atoms with Crippen LogP contribution in [-0.2, 0) is 35.7 Å². The molecular formula is C15H15N2O2Y. The van der Waals surface area contributed by atoms with Gasteiger partial charge in [-0.3, -0.25) is 0 Å². The fourth-order valence-electron chi connectivity index (χ4n) is 2.77. The second-order valence-electron chi connectivity index (χ2n) is 5.56. The van der Waals surface area contributed by atoms with E-state index in [1.165, 1.54) is 7.94 Å². The predicted octanol–water partition coefficient (Wildman–Crippen LogP) is 1.06. The zero-order valence-corrected chi connectivity index (χ0v) is 14.3. The molecule has 1 spiro atoms. The molecular weight excluding hydrogens is 329 g/mol. The van der Waals surface area contributed by atoms with Crippen molar-refractivity contribution in [1.82, 2.24) is 4.90 Å². The fourth-order valence-corrected chi connectivity index (χ4v) is 3.45. The average Bonchev–Trinajstić information content (AvgIpc) is 3.15. The van der Waals surface area contributed by atoms with Crippen molar-refractivity contribution in [2.24, 2.45) is 0 Å². The molecule has 2 aliphatic rings.